The average Bonchev–Trinajstić information content (AvgIpc) is 3.01. The molecule has 1 aliphatic rings. The van der Waals surface area contributed by atoms with E-state index >= 15 is 0 Å². The lowest BCUT2D eigenvalue weighted by Gasteiger charge is -2.24. The number of hydrogen-bond donors (Lipinski definition) is 3. The molecule has 1 aliphatic heterocycles. The zero-order chi connectivity index (χ0) is 18.0. The first-order chi connectivity index (χ1) is 12.0. The van der Waals surface area contributed by atoms with E-state index in [1.807, 2.05) is 13.0 Å². The van der Waals surface area contributed by atoms with E-state index in [1.165, 1.54) is 0 Å². The summed E-state index contributed by atoms with van der Waals surface area (Å²) in [4.78, 5) is 10.9. The van der Waals surface area contributed by atoms with Crippen LogP contribution in [-0.2, 0) is 11.2 Å². The van der Waals surface area contributed by atoms with Crippen molar-refractivity contribution in [2.24, 2.45) is 11.5 Å². The number of nitrogens with one attached hydrogen (secondary N) is 1. The van der Waals surface area contributed by atoms with Gasteiger partial charge in [0.25, 0.3) is 5.91 Å². The van der Waals surface area contributed by atoms with Crippen LogP contribution in [0.15, 0.2) is 35.7 Å². The molecule has 1 amide bonds. The highest BCUT2D eigenvalue weighted by Gasteiger charge is 2.34. The van der Waals surface area contributed by atoms with Gasteiger partial charge in [0, 0.05) is 11.3 Å². The highest BCUT2D eigenvalue weighted by Crippen LogP contribution is 2.43. The van der Waals surface area contributed by atoms with Gasteiger partial charge in [0.05, 0.1) is 5.92 Å². The van der Waals surface area contributed by atoms with Gasteiger partial charge in [-0.1, -0.05) is 19.1 Å². The van der Waals surface area contributed by atoms with Gasteiger partial charge in [0.2, 0.25) is 11.8 Å². The molecule has 5 N–H and O–H groups in total. The first-order valence-electron chi connectivity index (χ1n) is 7.70. The molecule has 0 spiro atoms. The van der Waals surface area contributed by atoms with Crippen molar-refractivity contribution in [3.8, 4) is 17.7 Å². The van der Waals surface area contributed by atoms with E-state index in [-0.39, 0.29) is 12.5 Å². The number of carbonyl (C=O) groups is 1. The summed E-state index contributed by atoms with van der Waals surface area (Å²) in [5.41, 5.74) is 13.7. The maximum absolute atomic E-state index is 10.9. The quantitative estimate of drug-likeness (QED) is 0.744. The number of aromatic nitrogens is 2. The molecule has 1 aromatic carbocycles. The summed E-state index contributed by atoms with van der Waals surface area (Å²) in [6.07, 6.45) is 0.693. The lowest BCUT2D eigenvalue weighted by Crippen LogP contribution is -2.22. The van der Waals surface area contributed by atoms with E-state index in [0.717, 1.165) is 16.8 Å². The van der Waals surface area contributed by atoms with Crippen LogP contribution in [0.2, 0.25) is 0 Å². The molecule has 0 fully saturated rings. The molecule has 2 heterocycles. The minimum Gasteiger partial charge on any atom is -0.484 e. The number of ether oxygens (including phenoxy) is 2. The standard InChI is InChI=1S/C17H17N5O3/c1-2-12-15-14(11(7-18)16(20)25-17(15)22-21-12)9-4-3-5-10(6-9)24-8-13(19)23/h3-6,14H,2,8,20H2,1H3,(H2,19,23)(H,21,22). The van der Waals surface area contributed by atoms with E-state index in [9.17, 15) is 10.1 Å². The molecular weight excluding hydrogens is 322 g/mol. The van der Waals surface area contributed by atoms with Gasteiger partial charge >= 0.3 is 0 Å². The molecule has 0 bridgehead atoms. The SMILES string of the molecule is CCc1[nH]nc2c1C(c1cccc(OCC(N)=O)c1)C(C#N)=C(N)O2. The largest absolute Gasteiger partial charge is 0.484 e. The fraction of sp³-hybridized carbons (Fsp3) is 0.235. The van der Waals surface area contributed by atoms with Gasteiger partial charge in [-0.2, -0.15) is 5.26 Å². The average molecular weight is 339 g/mol. The maximum atomic E-state index is 10.9. The first kappa shape index (κ1) is 16.4. The summed E-state index contributed by atoms with van der Waals surface area (Å²) in [5.74, 6) is -0.135. The molecule has 128 valence electrons. The molecule has 3 rings (SSSR count). The summed E-state index contributed by atoms with van der Waals surface area (Å²) >= 11 is 0. The number of benzene rings is 1. The van der Waals surface area contributed by atoms with Crippen LogP contribution in [0.1, 0.15) is 29.7 Å². The van der Waals surface area contributed by atoms with Crippen LogP contribution < -0.4 is 20.9 Å². The summed E-state index contributed by atoms with van der Waals surface area (Å²) in [6.45, 7) is 1.75. The molecule has 0 saturated heterocycles. The molecule has 1 atom stereocenters. The summed E-state index contributed by atoms with van der Waals surface area (Å²) in [6, 6.07) is 9.22. The van der Waals surface area contributed by atoms with Gasteiger partial charge in [0.1, 0.15) is 17.4 Å². The monoisotopic (exact) mass is 339 g/mol. The van der Waals surface area contributed by atoms with Crippen molar-refractivity contribution in [1.29, 1.82) is 5.26 Å². The van der Waals surface area contributed by atoms with Crippen molar-refractivity contribution in [1.82, 2.24) is 10.2 Å². The summed E-state index contributed by atoms with van der Waals surface area (Å²) in [5, 5.41) is 16.6. The van der Waals surface area contributed by atoms with Gasteiger partial charge in [0.15, 0.2) is 6.61 Å². The van der Waals surface area contributed by atoms with Gasteiger partial charge in [-0.25, -0.2) is 0 Å². The van der Waals surface area contributed by atoms with Crippen LogP contribution >= 0.6 is 0 Å². The first-order valence-corrected chi connectivity index (χ1v) is 7.70. The van der Waals surface area contributed by atoms with Gasteiger partial charge in [-0.3, -0.25) is 9.89 Å². The Morgan fingerprint density at radius 1 is 1.52 bits per heavy atom. The van der Waals surface area contributed by atoms with Crippen molar-refractivity contribution in [2.45, 2.75) is 19.3 Å². The van der Waals surface area contributed by atoms with Crippen LogP contribution in [0, 0.1) is 11.3 Å². The molecule has 0 radical (unpaired) electrons. The van der Waals surface area contributed by atoms with Gasteiger partial charge in [-0.15, -0.1) is 5.10 Å². The normalized spacial score (nSPS) is 15.9. The third-order valence-corrected chi connectivity index (χ3v) is 3.94. The predicted molar refractivity (Wildman–Crippen MR) is 88.4 cm³/mol. The van der Waals surface area contributed by atoms with Gasteiger partial charge in [-0.05, 0) is 24.1 Å². The molecule has 0 aliphatic carbocycles. The molecular formula is C17H17N5O3. The second-order valence-corrected chi connectivity index (χ2v) is 5.53. The molecule has 8 nitrogen and oxygen atoms in total. The Labute approximate surface area is 144 Å². The fourth-order valence-electron chi connectivity index (χ4n) is 2.85. The topological polar surface area (TPSA) is 140 Å². The third-order valence-electron chi connectivity index (χ3n) is 3.94. The number of amides is 1. The lowest BCUT2D eigenvalue weighted by atomic mass is 9.83. The summed E-state index contributed by atoms with van der Waals surface area (Å²) < 4.78 is 10.8. The second kappa shape index (κ2) is 6.57. The molecule has 1 unspecified atom stereocenters. The number of primary amides is 1. The number of nitriles is 1. The minimum atomic E-state index is -0.566. The van der Waals surface area contributed by atoms with Crippen LogP contribution in [0.25, 0.3) is 0 Å². The Bertz CT molecular complexity index is 894. The number of aromatic amines is 1. The summed E-state index contributed by atoms with van der Waals surface area (Å²) in [7, 11) is 0. The van der Waals surface area contributed by atoms with Crippen molar-refractivity contribution < 1.29 is 14.3 Å². The van der Waals surface area contributed by atoms with E-state index in [4.69, 9.17) is 20.9 Å². The fourth-order valence-corrected chi connectivity index (χ4v) is 2.85. The number of rotatable bonds is 5. The number of carbonyl (C=O) groups excluding carboxylic acids is 1. The van der Waals surface area contributed by atoms with Crippen molar-refractivity contribution in [3.63, 3.8) is 0 Å². The number of allylic oxidation sites excluding steroid dienone is 1. The van der Waals surface area contributed by atoms with Crippen molar-refractivity contribution >= 4 is 5.91 Å². The molecule has 8 heteroatoms. The van der Waals surface area contributed by atoms with E-state index < -0.39 is 11.8 Å². The number of fused-ring (bicyclic) bond motifs is 1. The van der Waals surface area contributed by atoms with Crippen molar-refractivity contribution in [3.05, 3.63) is 52.5 Å². The second-order valence-electron chi connectivity index (χ2n) is 5.53. The van der Waals surface area contributed by atoms with E-state index in [1.54, 1.807) is 18.2 Å². The Morgan fingerprint density at radius 3 is 3.00 bits per heavy atom. The molecule has 1 aromatic heterocycles. The number of H-pyrrole nitrogens is 1. The third kappa shape index (κ3) is 2.99. The van der Waals surface area contributed by atoms with Crippen LogP contribution in [0.3, 0.4) is 0 Å². The molecule has 25 heavy (non-hydrogen) atoms. The van der Waals surface area contributed by atoms with Crippen LogP contribution in [0.4, 0.5) is 0 Å². The molecule has 0 saturated carbocycles. The van der Waals surface area contributed by atoms with E-state index in [2.05, 4.69) is 16.3 Å². The zero-order valence-electron chi connectivity index (χ0n) is 13.6. The smallest absolute Gasteiger partial charge is 0.255 e. The Morgan fingerprint density at radius 2 is 2.32 bits per heavy atom. The van der Waals surface area contributed by atoms with Crippen LogP contribution in [0.5, 0.6) is 11.6 Å². The number of nitrogens with zero attached hydrogens (tertiary/aromatic N) is 2. The maximum Gasteiger partial charge on any atom is 0.255 e. The predicted octanol–water partition coefficient (Wildman–Crippen LogP) is 1.05. The van der Waals surface area contributed by atoms with Crippen LogP contribution in [-0.4, -0.2) is 22.7 Å². The van der Waals surface area contributed by atoms with Gasteiger partial charge < -0.3 is 20.9 Å². The minimum absolute atomic E-state index is 0.0256. The highest BCUT2D eigenvalue weighted by molar-refractivity contribution is 5.75. The Hall–Kier alpha value is -3.47. The molecule has 2 aromatic rings. The van der Waals surface area contributed by atoms with Crippen molar-refractivity contribution in [2.75, 3.05) is 6.61 Å². The lowest BCUT2D eigenvalue weighted by molar-refractivity contribution is -0.119. The Balaban J connectivity index is 2.08. The Kier molecular flexibility index (Phi) is 4.31. The number of aryl methyl sites for hydroxylation is 1. The number of nitrogens with two attached hydrogens (primary N) is 2. The zero-order valence-corrected chi connectivity index (χ0v) is 13.6. The number of hydrogen-bond acceptors (Lipinski definition) is 6. The van der Waals surface area contributed by atoms with E-state index in [0.29, 0.717) is 23.6 Å². The highest BCUT2D eigenvalue weighted by atomic mass is 16.5.